The van der Waals surface area contributed by atoms with Gasteiger partial charge >= 0.3 is 5.97 Å². The first-order valence-electron chi connectivity index (χ1n) is 4.55. The number of esters is 1. The molecule has 0 saturated heterocycles. The maximum absolute atomic E-state index is 11.6. The summed E-state index contributed by atoms with van der Waals surface area (Å²) >= 11 is 2.99. The number of carbonyl (C=O) groups is 2. The number of halogens is 1. The summed E-state index contributed by atoms with van der Waals surface area (Å²) in [6, 6.07) is 0. The van der Waals surface area contributed by atoms with Crippen LogP contribution in [0.4, 0.5) is 0 Å². The Kier molecular flexibility index (Phi) is 5.00. The molecule has 0 unspecified atom stereocenters. The van der Waals surface area contributed by atoms with Crippen molar-refractivity contribution in [3.05, 3.63) is 11.8 Å². The zero-order valence-electron chi connectivity index (χ0n) is 9.63. The quantitative estimate of drug-likeness (QED) is 0.442. The van der Waals surface area contributed by atoms with Crippen molar-refractivity contribution in [3.8, 4) is 0 Å². The van der Waals surface area contributed by atoms with E-state index in [2.05, 4.69) is 16.1 Å². The van der Waals surface area contributed by atoms with Crippen molar-refractivity contribution in [2.45, 2.75) is 40.2 Å². The first-order valence-corrected chi connectivity index (χ1v) is 5.26. The van der Waals surface area contributed by atoms with E-state index in [0.717, 1.165) is 3.93 Å². The Labute approximate surface area is 98.6 Å². The third-order valence-electron chi connectivity index (χ3n) is 1.37. The van der Waals surface area contributed by atoms with Crippen LogP contribution >= 0.6 is 16.1 Å². The van der Waals surface area contributed by atoms with Crippen LogP contribution in [0.2, 0.25) is 0 Å². The van der Waals surface area contributed by atoms with Gasteiger partial charge in [-0.05, 0) is 27.7 Å². The Morgan fingerprint density at radius 3 is 2.07 bits per heavy atom. The summed E-state index contributed by atoms with van der Waals surface area (Å²) in [4.78, 5) is 22.7. The van der Waals surface area contributed by atoms with Crippen molar-refractivity contribution in [2.24, 2.45) is 0 Å². The van der Waals surface area contributed by atoms with Crippen molar-refractivity contribution in [1.29, 1.82) is 0 Å². The van der Waals surface area contributed by atoms with Crippen molar-refractivity contribution < 1.29 is 14.3 Å². The molecule has 5 heteroatoms. The minimum absolute atomic E-state index is 0.178. The Bertz CT molecular complexity index is 292. The van der Waals surface area contributed by atoms with Gasteiger partial charge in [0.15, 0.2) is 0 Å². The molecule has 0 saturated carbocycles. The highest BCUT2D eigenvalue weighted by Crippen LogP contribution is 2.16. The molecule has 0 aromatic carbocycles. The van der Waals surface area contributed by atoms with E-state index >= 15 is 0 Å². The molecule has 0 aromatic heterocycles. The second-order valence-electron chi connectivity index (χ2n) is 3.98. The van der Waals surface area contributed by atoms with Crippen LogP contribution < -0.4 is 0 Å². The SMILES string of the molecule is C/C=C(/C(=O)OC(C)(C)C)N(Br)C(C)=O. The molecule has 0 aliphatic rings. The first kappa shape index (κ1) is 14.2. The summed E-state index contributed by atoms with van der Waals surface area (Å²) in [6.07, 6.45) is 1.52. The fourth-order valence-electron chi connectivity index (χ4n) is 0.811. The third kappa shape index (κ3) is 4.97. The van der Waals surface area contributed by atoms with Crippen molar-refractivity contribution in [1.82, 2.24) is 3.93 Å². The summed E-state index contributed by atoms with van der Waals surface area (Å²) in [5.41, 5.74) is -0.395. The average molecular weight is 278 g/mol. The molecule has 0 heterocycles. The van der Waals surface area contributed by atoms with E-state index in [1.165, 1.54) is 13.0 Å². The maximum atomic E-state index is 11.6. The zero-order valence-corrected chi connectivity index (χ0v) is 11.2. The molecule has 15 heavy (non-hydrogen) atoms. The lowest BCUT2D eigenvalue weighted by molar-refractivity contribution is -0.152. The molecule has 86 valence electrons. The van der Waals surface area contributed by atoms with Gasteiger partial charge in [0.25, 0.3) is 0 Å². The van der Waals surface area contributed by atoms with E-state index in [1.807, 2.05) is 0 Å². The van der Waals surface area contributed by atoms with Gasteiger partial charge in [-0.3, -0.25) is 4.79 Å². The summed E-state index contributed by atoms with van der Waals surface area (Å²) < 4.78 is 6.22. The molecular weight excluding hydrogens is 262 g/mol. The topological polar surface area (TPSA) is 46.6 Å². The molecule has 1 amide bonds. The molecule has 0 fully saturated rings. The number of carbonyl (C=O) groups excluding carboxylic acids is 2. The number of allylic oxidation sites excluding steroid dienone is 1. The van der Waals surface area contributed by atoms with Gasteiger partial charge in [0.2, 0.25) is 5.91 Å². The lowest BCUT2D eigenvalue weighted by Gasteiger charge is -2.22. The zero-order chi connectivity index (χ0) is 12.2. The van der Waals surface area contributed by atoms with E-state index in [4.69, 9.17) is 4.74 Å². The molecule has 0 atom stereocenters. The largest absolute Gasteiger partial charge is 0.455 e. The van der Waals surface area contributed by atoms with Crippen LogP contribution in [0.5, 0.6) is 0 Å². The van der Waals surface area contributed by atoms with Crippen LogP contribution in [0.3, 0.4) is 0 Å². The molecule has 0 aliphatic heterocycles. The van der Waals surface area contributed by atoms with Crippen LogP contribution in [0.15, 0.2) is 11.8 Å². The van der Waals surface area contributed by atoms with Gasteiger partial charge in [-0.15, -0.1) is 0 Å². The van der Waals surface area contributed by atoms with Gasteiger partial charge < -0.3 is 4.74 Å². The van der Waals surface area contributed by atoms with Crippen molar-refractivity contribution >= 4 is 28.0 Å². The Balaban J connectivity index is 4.73. The predicted octanol–water partition coefficient (Wildman–Crippen LogP) is 2.39. The second-order valence-corrected chi connectivity index (χ2v) is 4.68. The summed E-state index contributed by atoms with van der Waals surface area (Å²) in [5, 5.41) is 0. The van der Waals surface area contributed by atoms with Gasteiger partial charge in [-0.2, -0.15) is 0 Å². The smallest absolute Gasteiger partial charge is 0.356 e. The van der Waals surface area contributed by atoms with Crippen molar-refractivity contribution in [3.63, 3.8) is 0 Å². The van der Waals surface area contributed by atoms with Gasteiger partial charge in [0.1, 0.15) is 11.3 Å². The number of hydrogen-bond acceptors (Lipinski definition) is 3. The van der Waals surface area contributed by atoms with E-state index in [0.29, 0.717) is 0 Å². The Morgan fingerprint density at radius 2 is 1.80 bits per heavy atom. The predicted molar refractivity (Wildman–Crippen MR) is 61.0 cm³/mol. The Hall–Kier alpha value is -0.840. The van der Waals surface area contributed by atoms with E-state index in [-0.39, 0.29) is 11.6 Å². The van der Waals surface area contributed by atoms with Crippen molar-refractivity contribution in [2.75, 3.05) is 0 Å². The number of hydrogen-bond donors (Lipinski definition) is 0. The number of rotatable bonds is 2. The molecular formula is C10H16BrNO3. The standard InChI is InChI=1S/C10H16BrNO3/c1-6-8(12(11)7(2)13)9(14)15-10(3,4)5/h6H,1-5H3/b8-6-. The van der Waals surface area contributed by atoms with Crippen LogP contribution in [0, 0.1) is 0 Å². The van der Waals surface area contributed by atoms with Gasteiger partial charge in [0.05, 0.1) is 16.1 Å². The maximum Gasteiger partial charge on any atom is 0.356 e. The highest BCUT2D eigenvalue weighted by Gasteiger charge is 2.24. The highest BCUT2D eigenvalue weighted by molar-refractivity contribution is 9.07. The monoisotopic (exact) mass is 277 g/mol. The molecule has 0 spiro atoms. The molecule has 0 radical (unpaired) electrons. The minimum atomic E-state index is -0.573. The van der Waals surface area contributed by atoms with Crippen LogP contribution in [-0.2, 0) is 14.3 Å². The van der Waals surface area contributed by atoms with Gasteiger partial charge in [0, 0.05) is 6.92 Å². The van der Waals surface area contributed by atoms with Gasteiger partial charge in [-0.25, -0.2) is 8.72 Å². The summed E-state index contributed by atoms with van der Waals surface area (Å²) in [7, 11) is 0. The lowest BCUT2D eigenvalue weighted by atomic mass is 10.2. The fraction of sp³-hybridized carbons (Fsp3) is 0.600. The highest BCUT2D eigenvalue weighted by atomic mass is 79.9. The number of amides is 1. The van der Waals surface area contributed by atoms with Gasteiger partial charge in [-0.1, -0.05) is 6.08 Å². The summed E-state index contributed by atoms with van der Waals surface area (Å²) in [6.45, 7) is 8.32. The number of nitrogens with zero attached hydrogens (tertiary/aromatic N) is 1. The van der Waals surface area contributed by atoms with Crippen LogP contribution in [0.1, 0.15) is 34.6 Å². The number of ether oxygens (including phenoxy) is 1. The first-order chi connectivity index (χ1) is 6.69. The van der Waals surface area contributed by atoms with E-state index < -0.39 is 11.6 Å². The minimum Gasteiger partial charge on any atom is -0.455 e. The third-order valence-corrected chi connectivity index (χ3v) is 2.25. The molecule has 0 bridgehead atoms. The molecule has 0 aliphatic carbocycles. The lowest BCUT2D eigenvalue weighted by Crippen LogP contribution is -2.30. The molecule has 0 N–H and O–H groups in total. The normalized spacial score (nSPS) is 12.3. The average Bonchev–Trinajstić information content (AvgIpc) is 2.01. The second kappa shape index (κ2) is 5.30. The molecule has 0 rings (SSSR count). The van der Waals surface area contributed by atoms with E-state index in [9.17, 15) is 9.59 Å². The molecule has 4 nitrogen and oxygen atoms in total. The van der Waals surface area contributed by atoms with E-state index in [1.54, 1.807) is 27.7 Å². The van der Waals surface area contributed by atoms with Crippen LogP contribution in [-0.4, -0.2) is 21.4 Å². The summed E-state index contributed by atoms with van der Waals surface area (Å²) in [5.74, 6) is -0.814. The fourth-order valence-corrected chi connectivity index (χ4v) is 1.16. The Morgan fingerprint density at radius 1 is 1.33 bits per heavy atom. The van der Waals surface area contributed by atoms with Crippen LogP contribution in [0.25, 0.3) is 0 Å². The molecule has 0 aromatic rings.